The first-order valence-corrected chi connectivity index (χ1v) is 10.2. The van der Waals surface area contributed by atoms with Gasteiger partial charge in [0.05, 0.1) is 6.10 Å². The Hall–Kier alpha value is -2.40. The number of fused-ring (bicyclic) bond motifs is 1. The van der Waals surface area contributed by atoms with Gasteiger partial charge in [0.15, 0.2) is 0 Å². The number of amides is 2. The minimum atomic E-state index is -0.0115. The van der Waals surface area contributed by atoms with Gasteiger partial charge >= 0.3 is 0 Å². The summed E-state index contributed by atoms with van der Waals surface area (Å²) in [5.74, 6) is 0.144. The van der Waals surface area contributed by atoms with Gasteiger partial charge in [-0.3, -0.25) is 9.59 Å². The SMILES string of the molecule is CC(C)OCCCNC(=O)C1CCN(C(=O)c2cccc3ccccc23)CC1. The van der Waals surface area contributed by atoms with Gasteiger partial charge < -0.3 is 15.0 Å². The van der Waals surface area contributed by atoms with Gasteiger partial charge in [-0.1, -0.05) is 36.4 Å². The number of ether oxygens (including phenoxy) is 1. The number of hydrogen-bond donors (Lipinski definition) is 1. The van der Waals surface area contributed by atoms with E-state index in [-0.39, 0.29) is 23.8 Å². The van der Waals surface area contributed by atoms with E-state index in [2.05, 4.69) is 5.32 Å². The summed E-state index contributed by atoms with van der Waals surface area (Å²) in [5.41, 5.74) is 0.742. The molecule has 1 aliphatic heterocycles. The molecule has 1 N–H and O–H groups in total. The molecule has 2 aromatic rings. The molecule has 1 fully saturated rings. The molecule has 0 aliphatic carbocycles. The second-order valence-corrected chi connectivity index (χ2v) is 7.66. The first kappa shape index (κ1) is 20.3. The number of benzene rings is 2. The van der Waals surface area contributed by atoms with E-state index in [1.54, 1.807) is 0 Å². The number of nitrogens with zero attached hydrogens (tertiary/aromatic N) is 1. The molecule has 0 aromatic heterocycles. The van der Waals surface area contributed by atoms with Crippen LogP contribution in [0.25, 0.3) is 10.8 Å². The van der Waals surface area contributed by atoms with Gasteiger partial charge in [0.25, 0.3) is 5.91 Å². The molecule has 0 spiro atoms. The Balaban J connectivity index is 1.49. The Labute approximate surface area is 167 Å². The highest BCUT2D eigenvalue weighted by atomic mass is 16.5. The number of hydrogen-bond acceptors (Lipinski definition) is 3. The van der Waals surface area contributed by atoms with E-state index in [4.69, 9.17) is 4.74 Å². The standard InChI is InChI=1S/C23H30N2O3/c1-17(2)28-16-6-13-24-22(26)19-11-14-25(15-12-19)23(27)21-10-5-8-18-7-3-4-9-20(18)21/h3-5,7-10,17,19H,6,11-16H2,1-2H3,(H,24,26). The van der Waals surface area contributed by atoms with Gasteiger partial charge in [-0.25, -0.2) is 0 Å². The van der Waals surface area contributed by atoms with Crippen LogP contribution in [0.2, 0.25) is 0 Å². The molecule has 2 aromatic carbocycles. The summed E-state index contributed by atoms with van der Waals surface area (Å²) in [6, 6.07) is 13.8. The lowest BCUT2D eigenvalue weighted by atomic mass is 9.95. The smallest absolute Gasteiger partial charge is 0.254 e. The molecule has 3 rings (SSSR count). The maximum Gasteiger partial charge on any atom is 0.254 e. The van der Waals surface area contributed by atoms with Gasteiger partial charge in [0.1, 0.15) is 0 Å². The van der Waals surface area contributed by atoms with Crippen LogP contribution >= 0.6 is 0 Å². The Morgan fingerprint density at radius 3 is 2.57 bits per heavy atom. The average molecular weight is 383 g/mol. The molecule has 0 saturated carbocycles. The summed E-state index contributed by atoms with van der Waals surface area (Å²) < 4.78 is 5.49. The zero-order valence-electron chi connectivity index (χ0n) is 16.8. The second kappa shape index (κ2) is 9.69. The molecule has 0 bridgehead atoms. The first-order chi connectivity index (χ1) is 13.6. The normalized spacial score (nSPS) is 15.2. The van der Waals surface area contributed by atoms with Crippen molar-refractivity contribution in [1.29, 1.82) is 0 Å². The van der Waals surface area contributed by atoms with E-state index in [1.165, 1.54) is 0 Å². The zero-order valence-corrected chi connectivity index (χ0v) is 16.8. The fourth-order valence-electron chi connectivity index (χ4n) is 3.67. The average Bonchev–Trinajstić information content (AvgIpc) is 2.72. The van der Waals surface area contributed by atoms with E-state index >= 15 is 0 Å². The van der Waals surface area contributed by atoms with Crippen LogP contribution in [0.1, 0.15) is 43.5 Å². The fourth-order valence-corrected chi connectivity index (χ4v) is 3.67. The second-order valence-electron chi connectivity index (χ2n) is 7.66. The van der Waals surface area contributed by atoms with Crippen molar-refractivity contribution in [2.45, 2.75) is 39.2 Å². The molecule has 1 saturated heterocycles. The van der Waals surface area contributed by atoms with Crippen LogP contribution in [0.4, 0.5) is 0 Å². The van der Waals surface area contributed by atoms with Gasteiger partial charge in [-0.2, -0.15) is 0 Å². The van der Waals surface area contributed by atoms with Crippen LogP contribution in [0, 0.1) is 5.92 Å². The van der Waals surface area contributed by atoms with Gasteiger partial charge in [0, 0.05) is 37.7 Å². The van der Waals surface area contributed by atoms with Crippen molar-refractivity contribution < 1.29 is 14.3 Å². The van der Waals surface area contributed by atoms with Crippen molar-refractivity contribution in [3.8, 4) is 0 Å². The van der Waals surface area contributed by atoms with Gasteiger partial charge in [-0.15, -0.1) is 0 Å². The van der Waals surface area contributed by atoms with Crippen LogP contribution < -0.4 is 5.32 Å². The molecule has 150 valence electrons. The molecule has 1 heterocycles. The minimum Gasteiger partial charge on any atom is -0.379 e. The summed E-state index contributed by atoms with van der Waals surface area (Å²) >= 11 is 0. The number of rotatable bonds is 7. The fraction of sp³-hybridized carbons (Fsp3) is 0.478. The molecular weight excluding hydrogens is 352 g/mol. The van der Waals surface area contributed by atoms with E-state index < -0.39 is 0 Å². The van der Waals surface area contributed by atoms with Crippen molar-refractivity contribution >= 4 is 22.6 Å². The number of nitrogens with one attached hydrogen (secondary N) is 1. The summed E-state index contributed by atoms with van der Waals surface area (Å²) in [7, 11) is 0. The van der Waals surface area contributed by atoms with Crippen LogP contribution in [-0.4, -0.2) is 49.1 Å². The highest BCUT2D eigenvalue weighted by Crippen LogP contribution is 2.23. The Bertz CT molecular complexity index is 805. The molecule has 0 unspecified atom stereocenters. The van der Waals surface area contributed by atoms with Crippen molar-refractivity contribution in [2.75, 3.05) is 26.2 Å². The highest BCUT2D eigenvalue weighted by molar-refractivity contribution is 6.07. The lowest BCUT2D eigenvalue weighted by molar-refractivity contribution is -0.126. The predicted octanol–water partition coefficient (Wildman–Crippen LogP) is 3.62. The molecule has 2 amide bonds. The molecule has 5 nitrogen and oxygen atoms in total. The number of piperidine rings is 1. The van der Waals surface area contributed by atoms with Gasteiger partial charge in [-0.05, 0) is 49.9 Å². The van der Waals surface area contributed by atoms with Gasteiger partial charge in [0.2, 0.25) is 5.91 Å². The van der Waals surface area contributed by atoms with Crippen LogP contribution in [0.3, 0.4) is 0 Å². The predicted molar refractivity (Wildman–Crippen MR) is 111 cm³/mol. The van der Waals surface area contributed by atoms with E-state index in [0.717, 1.165) is 22.8 Å². The number of carbonyl (C=O) groups is 2. The van der Waals surface area contributed by atoms with Crippen LogP contribution in [0.5, 0.6) is 0 Å². The highest BCUT2D eigenvalue weighted by Gasteiger charge is 2.28. The maximum absolute atomic E-state index is 13.0. The summed E-state index contributed by atoms with van der Waals surface area (Å²) in [6.07, 6.45) is 2.47. The maximum atomic E-state index is 13.0. The van der Waals surface area contributed by atoms with Crippen molar-refractivity contribution in [3.63, 3.8) is 0 Å². The molecule has 0 atom stereocenters. The van der Waals surface area contributed by atoms with Crippen LogP contribution in [0.15, 0.2) is 42.5 Å². The lowest BCUT2D eigenvalue weighted by Gasteiger charge is -2.31. The third kappa shape index (κ3) is 5.10. The Morgan fingerprint density at radius 1 is 1.11 bits per heavy atom. The Morgan fingerprint density at radius 2 is 1.82 bits per heavy atom. The van der Waals surface area contributed by atoms with E-state index in [9.17, 15) is 9.59 Å². The molecular formula is C23H30N2O3. The lowest BCUT2D eigenvalue weighted by Crippen LogP contribution is -2.43. The molecule has 5 heteroatoms. The van der Waals surface area contributed by atoms with Crippen LogP contribution in [-0.2, 0) is 9.53 Å². The van der Waals surface area contributed by atoms with Crippen molar-refractivity contribution in [3.05, 3.63) is 48.0 Å². The zero-order chi connectivity index (χ0) is 19.9. The third-order valence-corrected chi connectivity index (χ3v) is 5.24. The summed E-state index contributed by atoms with van der Waals surface area (Å²) in [5, 5.41) is 5.06. The summed E-state index contributed by atoms with van der Waals surface area (Å²) in [4.78, 5) is 27.2. The molecule has 1 aliphatic rings. The number of carbonyl (C=O) groups excluding carboxylic acids is 2. The van der Waals surface area contributed by atoms with E-state index in [0.29, 0.717) is 39.1 Å². The Kier molecular flexibility index (Phi) is 7.04. The third-order valence-electron chi connectivity index (χ3n) is 5.24. The molecule has 28 heavy (non-hydrogen) atoms. The van der Waals surface area contributed by atoms with Crippen molar-refractivity contribution in [2.24, 2.45) is 5.92 Å². The largest absolute Gasteiger partial charge is 0.379 e. The first-order valence-electron chi connectivity index (χ1n) is 10.2. The minimum absolute atomic E-state index is 0.0115. The summed E-state index contributed by atoms with van der Waals surface area (Å²) in [6.45, 7) is 6.56. The topological polar surface area (TPSA) is 58.6 Å². The number of likely N-dealkylation sites (tertiary alicyclic amines) is 1. The van der Waals surface area contributed by atoms with Crippen molar-refractivity contribution in [1.82, 2.24) is 10.2 Å². The molecule has 0 radical (unpaired) electrons. The quantitative estimate of drug-likeness (QED) is 0.744. The van der Waals surface area contributed by atoms with E-state index in [1.807, 2.05) is 61.2 Å². The monoisotopic (exact) mass is 382 g/mol.